The van der Waals surface area contributed by atoms with E-state index in [1.54, 1.807) is 79.2 Å². The summed E-state index contributed by atoms with van der Waals surface area (Å²) in [5, 5.41) is 0.156. The van der Waals surface area contributed by atoms with Gasteiger partial charge in [0.1, 0.15) is 5.82 Å². The van der Waals surface area contributed by atoms with Crippen molar-refractivity contribution in [2.45, 2.75) is 130 Å². The molecule has 4 heterocycles. The van der Waals surface area contributed by atoms with Crippen LogP contribution < -0.4 is 30.4 Å². The smallest absolute Gasteiger partial charge is 0.264 e. The highest BCUT2D eigenvalue weighted by atomic mass is 32.1. The lowest BCUT2D eigenvalue weighted by Crippen LogP contribution is -2.60. The Hall–Kier alpha value is -6.11. The summed E-state index contributed by atoms with van der Waals surface area (Å²) in [6.07, 6.45) is 2.84. The number of aromatic nitrogens is 1. The molecule has 0 atom stereocenters. The molecule has 0 saturated carbocycles. The van der Waals surface area contributed by atoms with E-state index in [1.807, 2.05) is 75.3 Å². The van der Waals surface area contributed by atoms with Crippen LogP contribution in [0.15, 0.2) is 145 Å². The number of para-hydroxylation sites is 1. The molecule has 0 fully saturated rings. The summed E-state index contributed by atoms with van der Waals surface area (Å²) in [5.74, 6) is 0.247. The Morgan fingerprint density at radius 2 is 1.17 bits per heavy atom. The first-order valence-corrected chi connectivity index (χ1v) is 24.7. The van der Waals surface area contributed by atoms with Crippen molar-refractivity contribution in [3.05, 3.63) is 173 Å². The van der Waals surface area contributed by atoms with Crippen LogP contribution in [0.25, 0.3) is 10.1 Å². The third-order valence-electron chi connectivity index (χ3n) is 14.0. The second-order valence-corrected chi connectivity index (χ2v) is 24.2. The number of pyridine rings is 1. The maximum Gasteiger partial charge on any atom is 0.264 e. The summed E-state index contributed by atoms with van der Waals surface area (Å²) < 4.78 is 154. The number of benzene rings is 6. The Morgan fingerprint density at radius 3 is 1.83 bits per heavy atom. The van der Waals surface area contributed by atoms with Crippen molar-refractivity contribution >= 4 is 95.2 Å². The number of fused-ring (bicyclic) bond motifs is 7. The normalized spacial score (nSPS) is 19.0. The van der Waals surface area contributed by atoms with E-state index in [0.717, 1.165) is 11.3 Å². The Balaban J connectivity index is 1.49. The van der Waals surface area contributed by atoms with Crippen LogP contribution in [0, 0.1) is 0 Å². The van der Waals surface area contributed by atoms with Crippen LogP contribution in [0.1, 0.15) is 151 Å². The van der Waals surface area contributed by atoms with Gasteiger partial charge in [-0.2, -0.15) is 0 Å². The van der Waals surface area contributed by atoms with Gasteiger partial charge in [0.2, 0.25) is 0 Å². The van der Waals surface area contributed by atoms with Crippen molar-refractivity contribution in [1.29, 1.82) is 0 Å². The maximum atomic E-state index is 11.2. The van der Waals surface area contributed by atoms with E-state index in [2.05, 4.69) is 0 Å². The van der Waals surface area contributed by atoms with Gasteiger partial charge in [-0.1, -0.05) is 151 Å². The zero-order valence-corrected chi connectivity index (χ0v) is 42.7. The second kappa shape index (κ2) is 15.7. The highest BCUT2D eigenvalue weighted by Gasteiger charge is 2.47. The fraction of sp³-hybridized carbons (Fsp3) is 0.317. The monoisotopic (exact) mass is 938 g/mol. The average molecular weight is 938 g/mol. The lowest BCUT2D eigenvalue weighted by atomic mass is 9.36. The SMILES string of the molecule is [2H]c1c([2H])c(C(C)(C)C)c([2H])c([2H])c1N1c2c([2H])c([2H])c(C(C)(C)C)c([2H])c2B2c3sc4c([2H])c([2H])c(C(C)(C)C)c([2H])c4c3N(c3c([2H])c([2H])c4c(c3[2H])C(C)(C)CCC4(C)C)c3c([2H])c(N(c4ccccc4)c4ccccn4)c([2H])c1c32. The molecule has 0 unspecified atom stereocenters. The highest BCUT2D eigenvalue weighted by molar-refractivity contribution is 7.33. The average Bonchev–Trinajstić information content (AvgIpc) is 1.13. The summed E-state index contributed by atoms with van der Waals surface area (Å²) in [7, 11) is 0. The van der Waals surface area contributed by atoms with Crippen molar-refractivity contribution < 1.29 is 20.6 Å². The van der Waals surface area contributed by atoms with Gasteiger partial charge < -0.3 is 9.80 Å². The van der Waals surface area contributed by atoms with Gasteiger partial charge in [0, 0.05) is 55.2 Å². The summed E-state index contributed by atoms with van der Waals surface area (Å²) in [5.41, 5.74) is -2.98. The molecule has 0 amide bonds. The van der Waals surface area contributed by atoms with Crippen molar-refractivity contribution in [3.63, 3.8) is 0 Å². The first kappa shape index (κ1) is 31.2. The topological polar surface area (TPSA) is 22.6 Å². The molecule has 11 rings (SSSR count). The largest absolute Gasteiger partial charge is 0.311 e. The molecule has 0 N–H and O–H groups in total. The van der Waals surface area contributed by atoms with Gasteiger partial charge in [0.25, 0.3) is 6.71 Å². The van der Waals surface area contributed by atoms with E-state index in [0.29, 0.717) is 34.4 Å². The van der Waals surface area contributed by atoms with Crippen molar-refractivity contribution in [3.8, 4) is 0 Å². The molecule has 0 saturated heterocycles. The van der Waals surface area contributed by atoms with Crippen LogP contribution in [0.3, 0.4) is 0 Å². The van der Waals surface area contributed by atoms with Crippen LogP contribution >= 0.6 is 11.3 Å². The molecule has 6 aromatic carbocycles. The molecular weight excluding hydrogens is 856 g/mol. The van der Waals surface area contributed by atoms with Gasteiger partial charge in [0.15, 0.2) is 0 Å². The van der Waals surface area contributed by atoms with Crippen LogP contribution in [0.5, 0.6) is 0 Å². The molecule has 0 radical (unpaired) electrons. The van der Waals surface area contributed by atoms with Gasteiger partial charge in [-0.15, -0.1) is 11.3 Å². The molecule has 8 aromatic rings. The van der Waals surface area contributed by atoms with E-state index < -0.39 is 75.7 Å². The predicted molar refractivity (Wildman–Crippen MR) is 300 cm³/mol. The number of anilines is 9. The first-order valence-electron chi connectivity index (χ1n) is 31.4. The van der Waals surface area contributed by atoms with Crippen LogP contribution in [0.4, 0.5) is 51.3 Å². The minimum Gasteiger partial charge on any atom is -0.311 e. The van der Waals surface area contributed by atoms with Crippen LogP contribution in [-0.2, 0) is 27.1 Å². The minimum absolute atomic E-state index is 0.0574. The molecule has 69 heavy (non-hydrogen) atoms. The summed E-state index contributed by atoms with van der Waals surface area (Å²) in [6.45, 7) is 23.1. The Labute approximate surface area is 437 Å². The number of hydrogen-bond donors (Lipinski definition) is 0. The van der Waals surface area contributed by atoms with Crippen molar-refractivity contribution in [2.24, 2.45) is 0 Å². The number of hydrogen-bond acceptors (Lipinski definition) is 5. The lowest BCUT2D eigenvalue weighted by molar-refractivity contribution is 0.332. The van der Waals surface area contributed by atoms with Gasteiger partial charge >= 0.3 is 0 Å². The van der Waals surface area contributed by atoms with Crippen molar-refractivity contribution in [2.75, 3.05) is 14.7 Å². The van der Waals surface area contributed by atoms with Gasteiger partial charge in [-0.3, -0.25) is 4.90 Å². The number of nitrogens with zero attached hydrogens (tertiary/aromatic N) is 4. The van der Waals surface area contributed by atoms with E-state index in [9.17, 15) is 20.6 Å². The van der Waals surface area contributed by atoms with Crippen LogP contribution in [0.2, 0.25) is 0 Å². The minimum atomic E-state index is -1.33. The molecule has 1 aliphatic carbocycles. The zero-order valence-electron chi connectivity index (χ0n) is 56.9. The summed E-state index contributed by atoms with van der Waals surface area (Å²) in [4.78, 5) is 9.28. The molecule has 0 bridgehead atoms. The van der Waals surface area contributed by atoms with Crippen molar-refractivity contribution in [1.82, 2.24) is 4.98 Å². The quantitative estimate of drug-likeness (QED) is 0.160. The van der Waals surface area contributed by atoms with Gasteiger partial charge in [-0.25, -0.2) is 4.98 Å². The third kappa shape index (κ3) is 7.51. The van der Waals surface area contributed by atoms with Gasteiger partial charge in [-0.05, 0) is 157 Å². The van der Waals surface area contributed by atoms with E-state index >= 15 is 0 Å². The molecule has 3 aliphatic rings. The number of rotatable bonds is 5. The van der Waals surface area contributed by atoms with E-state index in [-0.39, 0.29) is 132 Å². The van der Waals surface area contributed by atoms with E-state index in [1.165, 1.54) is 4.90 Å². The maximum absolute atomic E-state index is 11.2. The third-order valence-corrected chi connectivity index (χ3v) is 15.1. The molecular formula is C63H67BN4S. The Bertz CT molecular complexity index is 4110. The zero-order chi connectivity index (χ0) is 61.6. The van der Waals surface area contributed by atoms with E-state index in [4.69, 9.17) is 4.98 Å². The second-order valence-electron chi connectivity index (χ2n) is 23.2. The molecule has 2 aromatic heterocycles. The van der Waals surface area contributed by atoms with Gasteiger partial charge in [0.05, 0.1) is 31.9 Å². The Morgan fingerprint density at radius 1 is 0.580 bits per heavy atom. The molecule has 6 heteroatoms. The predicted octanol–water partition coefficient (Wildman–Crippen LogP) is 16.1. The summed E-state index contributed by atoms with van der Waals surface area (Å²) >= 11 is 1.05. The molecule has 348 valence electrons. The number of thiophene rings is 1. The molecule has 0 spiro atoms. The van der Waals surface area contributed by atoms with Crippen LogP contribution in [-0.4, -0.2) is 11.7 Å². The first-order chi connectivity index (χ1) is 38.9. The fourth-order valence-corrected chi connectivity index (χ4v) is 11.0. The lowest BCUT2D eigenvalue weighted by Gasteiger charge is -2.45. The standard InChI is InChI=1S/C63H67BN4S/c1-59(2,3)40-22-26-44(27-23-40)67-51-30-24-42(61(7,8)9)36-50(51)64-56-52(67)38-46(66(43-19-15-14-16-20-43)55-21-17-18-34-65-55)39-53(56)68(45-28-29-48-49(37-45)63(12,13)33-32-62(48,10)11)57-47-35-41(60(4,5)6)25-31-54(47)69-58(57)64/h14-31,34-39H,32-33H2,1-13H3/i22D,23D,24D,25D,26D,27D,28D,29D,30D,31D,35D,36D,37D,38D,39D. The fourth-order valence-electron chi connectivity index (χ4n) is 9.83. The highest BCUT2D eigenvalue weighted by Crippen LogP contribution is 2.53. The Kier molecular flexibility index (Phi) is 7.10. The summed E-state index contributed by atoms with van der Waals surface area (Å²) in [6, 6.07) is 9.26. The molecule has 4 nitrogen and oxygen atoms in total. The molecule has 2 aliphatic heterocycles.